The van der Waals surface area contributed by atoms with Gasteiger partial charge in [0.25, 0.3) is 0 Å². The summed E-state index contributed by atoms with van der Waals surface area (Å²) in [6.45, 7) is -0.0223. The fourth-order valence-electron chi connectivity index (χ4n) is 1.01. The molecule has 0 aliphatic heterocycles. The molecule has 4 heteroatoms. The molecule has 0 heterocycles. The lowest BCUT2D eigenvalue weighted by atomic mass is 10.1. The van der Waals surface area contributed by atoms with Crippen molar-refractivity contribution in [1.29, 1.82) is 0 Å². The van der Waals surface area contributed by atoms with Crippen LogP contribution in [0.3, 0.4) is 0 Å². The molecular formula is C11H11NO3. The van der Waals surface area contributed by atoms with E-state index in [2.05, 4.69) is 11.8 Å². The van der Waals surface area contributed by atoms with Gasteiger partial charge in [-0.3, -0.25) is 0 Å². The number of carboxylic acids is 1. The van der Waals surface area contributed by atoms with E-state index in [1.807, 2.05) is 0 Å². The predicted octanol–water partition coefficient (Wildman–Crippen LogP) is 0.701. The third kappa shape index (κ3) is 3.01. The number of aliphatic hydroxyl groups is 1. The van der Waals surface area contributed by atoms with Gasteiger partial charge in [0.15, 0.2) is 0 Å². The first-order valence-electron chi connectivity index (χ1n) is 4.37. The molecule has 0 atom stereocenters. The van der Waals surface area contributed by atoms with Gasteiger partial charge in [-0.15, -0.1) is 0 Å². The zero-order chi connectivity index (χ0) is 11.3. The fourth-order valence-corrected chi connectivity index (χ4v) is 1.01. The van der Waals surface area contributed by atoms with Crippen molar-refractivity contribution in [1.82, 2.24) is 0 Å². The number of aliphatic hydroxyl groups excluding tert-OH is 1. The molecule has 15 heavy (non-hydrogen) atoms. The summed E-state index contributed by atoms with van der Waals surface area (Å²) >= 11 is 0. The molecule has 0 bridgehead atoms. The zero-order valence-electron chi connectivity index (χ0n) is 8.03. The minimum Gasteiger partial charge on any atom is -0.478 e. The second-order valence-electron chi connectivity index (χ2n) is 2.88. The highest BCUT2D eigenvalue weighted by atomic mass is 16.4. The molecule has 4 N–H and O–H groups in total. The molecule has 0 aromatic heterocycles. The average Bonchev–Trinajstić information content (AvgIpc) is 2.20. The predicted molar refractivity (Wildman–Crippen MR) is 56.4 cm³/mol. The van der Waals surface area contributed by atoms with Crippen LogP contribution in [0.1, 0.15) is 22.3 Å². The van der Waals surface area contributed by atoms with E-state index in [-0.39, 0.29) is 12.2 Å². The molecule has 78 valence electrons. The van der Waals surface area contributed by atoms with Crippen LogP contribution in [-0.2, 0) is 0 Å². The smallest absolute Gasteiger partial charge is 0.335 e. The number of carboxylic acid groups (broad SMARTS) is 1. The quantitative estimate of drug-likeness (QED) is 0.490. The van der Waals surface area contributed by atoms with Crippen LogP contribution < -0.4 is 5.73 Å². The van der Waals surface area contributed by atoms with Gasteiger partial charge in [0.1, 0.15) is 0 Å². The number of nitrogens with two attached hydrogens (primary N) is 1. The zero-order valence-corrected chi connectivity index (χ0v) is 8.03. The molecule has 0 aliphatic rings. The second kappa shape index (κ2) is 5.03. The van der Waals surface area contributed by atoms with Gasteiger partial charge in [0.2, 0.25) is 0 Å². The maximum Gasteiger partial charge on any atom is 0.335 e. The third-order valence-electron chi connectivity index (χ3n) is 1.76. The molecule has 1 aromatic carbocycles. The molecule has 0 amide bonds. The van der Waals surface area contributed by atoms with Crippen LogP contribution in [0.2, 0.25) is 0 Å². The lowest BCUT2D eigenvalue weighted by molar-refractivity contribution is 0.0697. The topological polar surface area (TPSA) is 83.6 Å². The van der Waals surface area contributed by atoms with Crippen molar-refractivity contribution < 1.29 is 15.0 Å². The van der Waals surface area contributed by atoms with Crippen LogP contribution >= 0.6 is 0 Å². The van der Waals surface area contributed by atoms with Gasteiger partial charge < -0.3 is 15.9 Å². The van der Waals surface area contributed by atoms with Gasteiger partial charge in [-0.05, 0) is 18.2 Å². The maximum atomic E-state index is 10.7. The Morgan fingerprint density at radius 3 is 2.80 bits per heavy atom. The number of aromatic carboxylic acids is 1. The normalized spacial score (nSPS) is 9.13. The van der Waals surface area contributed by atoms with Crippen molar-refractivity contribution in [3.8, 4) is 11.8 Å². The first-order chi connectivity index (χ1) is 7.15. The van der Waals surface area contributed by atoms with Crippen LogP contribution in [0.5, 0.6) is 0 Å². The summed E-state index contributed by atoms with van der Waals surface area (Å²) in [6.07, 6.45) is 0.344. The van der Waals surface area contributed by atoms with Gasteiger partial charge in [-0.2, -0.15) is 0 Å². The van der Waals surface area contributed by atoms with Crippen molar-refractivity contribution in [2.45, 2.75) is 6.42 Å². The van der Waals surface area contributed by atoms with Crippen LogP contribution in [-0.4, -0.2) is 22.8 Å². The monoisotopic (exact) mass is 205 g/mol. The lowest BCUT2D eigenvalue weighted by Gasteiger charge is -1.99. The summed E-state index contributed by atoms with van der Waals surface area (Å²) in [7, 11) is 0. The minimum absolute atomic E-state index is 0.0223. The van der Waals surface area contributed by atoms with Crippen LogP contribution in [0.4, 0.5) is 5.69 Å². The average molecular weight is 205 g/mol. The number of hydrogen-bond acceptors (Lipinski definition) is 3. The molecule has 0 saturated heterocycles. The SMILES string of the molecule is Nc1ccc(C(=O)O)cc1C#CCCO. The van der Waals surface area contributed by atoms with Crippen molar-refractivity contribution in [2.75, 3.05) is 12.3 Å². The Balaban J connectivity index is 3.02. The van der Waals surface area contributed by atoms with Gasteiger partial charge in [0.05, 0.1) is 12.2 Å². The van der Waals surface area contributed by atoms with E-state index in [1.165, 1.54) is 18.2 Å². The van der Waals surface area contributed by atoms with Crippen molar-refractivity contribution >= 4 is 11.7 Å². The Labute approximate surface area is 87.3 Å². The molecule has 0 spiro atoms. The number of anilines is 1. The Hall–Kier alpha value is -1.99. The molecule has 0 aliphatic carbocycles. The summed E-state index contributed by atoms with van der Waals surface area (Å²) in [6, 6.07) is 4.35. The molecule has 0 saturated carbocycles. The van der Waals surface area contributed by atoms with E-state index in [0.717, 1.165) is 0 Å². The maximum absolute atomic E-state index is 10.7. The van der Waals surface area contributed by atoms with Gasteiger partial charge >= 0.3 is 5.97 Å². The number of benzene rings is 1. The van der Waals surface area contributed by atoms with Gasteiger partial charge in [-0.25, -0.2) is 4.79 Å². The Kier molecular flexibility index (Phi) is 3.72. The largest absolute Gasteiger partial charge is 0.478 e. The van der Waals surface area contributed by atoms with Gasteiger partial charge in [-0.1, -0.05) is 11.8 Å². The lowest BCUT2D eigenvalue weighted by Crippen LogP contribution is -1.99. The van der Waals surface area contributed by atoms with Crippen LogP contribution in [0, 0.1) is 11.8 Å². The summed E-state index contributed by atoms with van der Waals surface area (Å²) in [5.41, 5.74) is 6.68. The van der Waals surface area contributed by atoms with E-state index in [0.29, 0.717) is 17.7 Å². The van der Waals surface area contributed by atoms with Crippen molar-refractivity contribution in [2.24, 2.45) is 0 Å². The Morgan fingerprint density at radius 2 is 2.20 bits per heavy atom. The van der Waals surface area contributed by atoms with Crippen LogP contribution in [0.15, 0.2) is 18.2 Å². The molecular weight excluding hydrogens is 194 g/mol. The molecule has 0 unspecified atom stereocenters. The van der Waals surface area contributed by atoms with E-state index in [4.69, 9.17) is 15.9 Å². The minimum atomic E-state index is -1.01. The highest BCUT2D eigenvalue weighted by Crippen LogP contribution is 2.12. The standard InChI is InChI=1S/C11H11NO3/c12-10-5-4-9(11(14)15)7-8(10)3-1-2-6-13/h4-5,7,13H,2,6,12H2,(H,14,15). The Morgan fingerprint density at radius 1 is 1.47 bits per heavy atom. The van der Waals surface area contributed by atoms with E-state index < -0.39 is 5.97 Å². The third-order valence-corrected chi connectivity index (χ3v) is 1.76. The summed E-state index contributed by atoms with van der Waals surface area (Å²) in [5.74, 6) is 4.38. The number of nitrogen functional groups attached to an aromatic ring is 1. The molecule has 0 radical (unpaired) electrons. The molecule has 4 nitrogen and oxygen atoms in total. The Bertz CT molecular complexity index is 429. The number of carbonyl (C=O) groups is 1. The van der Waals surface area contributed by atoms with Crippen LogP contribution in [0.25, 0.3) is 0 Å². The first kappa shape index (κ1) is 11.1. The van der Waals surface area contributed by atoms with E-state index in [1.54, 1.807) is 0 Å². The van der Waals surface area contributed by atoms with E-state index >= 15 is 0 Å². The van der Waals surface area contributed by atoms with Gasteiger partial charge in [0, 0.05) is 17.7 Å². The second-order valence-corrected chi connectivity index (χ2v) is 2.88. The molecule has 1 rings (SSSR count). The van der Waals surface area contributed by atoms with Crippen molar-refractivity contribution in [3.05, 3.63) is 29.3 Å². The fraction of sp³-hybridized carbons (Fsp3) is 0.182. The summed E-state index contributed by atoms with van der Waals surface area (Å²) in [4.78, 5) is 10.7. The van der Waals surface area contributed by atoms with Crippen molar-refractivity contribution in [3.63, 3.8) is 0 Å². The molecule has 0 fully saturated rings. The highest BCUT2D eigenvalue weighted by molar-refractivity contribution is 5.88. The summed E-state index contributed by atoms with van der Waals surface area (Å²) in [5, 5.41) is 17.3. The number of hydrogen-bond donors (Lipinski definition) is 3. The highest BCUT2D eigenvalue weighted by Gasteiger charge is 2.04. The molecule has 1 aromatic rings. The number of rotatable bonds is 2. The first-order valence-corrected chi connectivity index (χ1v) is 4.37. The van der Waals surface area contributed by atoms with E-state index in [9.17, 15) is 4.79 Å². The summed E-state index contributed by atoms with van der Waals surface area (Å²) < 4.78 is 0.